The zero-order valence-corrected chi connectivity index (χ0v) is 21.9. The highest BCUT2D eigenvalue weighted by molar-refractivity contribution is 6.06. The second kappa shape index (κ2) is 13.7. The van der Waals surface area contributed by atoms with Crippen LogP contribution in [-0.2, 0) is 30.4 Å². The number of imide groups is 1. The Hall–Kier alpha value is -5.21. The van der Waals surface area contributed by atoms with Gasteiger partial charge in [-0.15, -0.1) is 0 Å². The number of rotatable bonds is 14. The SMILES string of the molecule is NC(N)=NCCC[C@@H]1NC(=O)N(CC(=O)N[C@@H](CC(=O)O)C(=O)N[C@@H](Cc2ccc3ccccc3c2)C(=O)O)C1=O. The quantitative estimate of drug-likeness (QED) is 0.0625. The van der Waals surface area contributed by atoms with E-state index in [-0.39, 0.29) is 25.3 Å². The lowest BCUT2D eigenvalue weighted by Crippen LogP contribution is -2.54. The molecule has 1 aliphatic rings. The van der Waals surface area contributed by atoms with Gasteiger partial charge in [-0.05, 0) is 29.2 Å². The molecule has 41 heavy (non-hydrogen) atoms. The lowest BCUT2D eigenvalue weighted by molar-refractivity contribution is -0.143. The number of amides is 5. The Morgan fingerprint density at radius 1 is 1.00 bits per heavy atom. The zero-order valence-electron chi connectivity index (χ0n) is 21.9. The minimum Gasteiger partial charge on any atom is -0.481 e. The maximum atomic E-state index is 12.9. The molecule has 15 nitrogen and oxygen atoms in total. The Bertz CT molecular complexity index is 1370. The number of carboxylic acid groups (broad SMARTS) is 2. The van der Waals surface area contributed by atoms with E-state index in [4.69, 9.17) is 11.5 Å². The number of fused-ring (bicyclic) bond motifs is 1. The molecule has 0 aliphatic carbocycles. The minimum atomic E-state index is -1.67. The molecular weight excluding hydrogens is 538 g/mol. The molecule has 0 bridgehead atoms. The summed E-state index contributed by atoms with van der Waals surface area (Å²) in [7, 11) is 0. The van der Waals surface area contributed by atoms with Crippen molar-refractivity contribution in [1.82, 2.24) is 20.9 Å². The van der Waals surface area contributed by atoms with Crippen LogP contribution in [0.1, 0.15) is 24.8 Å². The lowest BCUT2D eigenvalue weighted by Gasteiger charge is -2.21. The highest BCUT2D eigenvalue weighted by atomic mass is 16.4. The minimum absolute atomic E-state index is 0.104. The van der Waals surface area contributed by atoms with Gasteiger partial charge in [-0.25, -0.2) is 9.59 Å². The third-order valence-corrected chi connectivity index (χ3v) is 6.25. The van der Waals surface area contributed by atoms with Gasteiger partial charge in [0.15, 0.2) is 5.96 Å². The van der Waals surface area contributed by atoms with Gasteiger partial charge in [0.1, 0.15) is 24.7 Å². The summed E-state index contributed by atoms with van der Waals surface area (Å²) in [6.07, 6.45) is -0.392. The molecule has 218 valence electrons. The first kappa shape index (κ1) is 30.3. The van der Waals surface area contributed by atoms with Crippen LogP contribution in [0.3, 0.4) is 0 Å². The Kier molecular flexibility index (Phi) is 10.2. The first-order valence-corrected chi connectivity index (χ1v) is 12.6. The summed E-state index contributed by atoms with van der Waals surface area (Å²) >= 11 is 0. The molecule has 0 aromatic heterocycles. The monoisotopic (exact) mass is 569 g/mol. The normalized spacial score (nSPS) is 16.0. The maximum absolute atomic E-state index is 12.9. The Balaban J connectivity index is 1.62. The van der Waals surface area contributed by atoms with E-state index in [1.807, 2.05) is 30.3 Å². The number of guanidine groups is 1. The molecule has 9 N–H and O–H groups in total. The van der Waals surface area contributed by atoms with Gasteiger partial charge in [-0.2, -0.15) is 0 Å². The summed E-state index contributed by atoms with van der Waals surface area (Å²) in [5.41, 5.74) is 11.1. The molecule has 5 amide bonds. The van der Waals surface area contributed by atoms with Crippen LogP contribution in [0.25, 0.3) is 10.8 Å². The summed E-state index contributed by atoms with van der Waals surface area (Å²) in [5.74, 6) is -5.65. The second-order valence-electron chi connectivity index (χ2n) is 9.38. The van der Waals surface area contributed by atoms with E-state index in [1.165, 1.54) is 0 Å². The van der Waals surface area contributed by atoms with Crippen molar-refractivity contribution >= 4 is 52.4 Å². The molecule has 0 unspecified atom stereocenters. The number of carboxylic acids is 2. The fraction of sp³-hybridized carbons (Fsp3) is 0.346. The van der Waals surface area contributed by atoms with Crippen LogP contribution in [0.5, 0.6) is 0 Å². The van der Waals surface area contributed by atoms with Crippen molar-refractivity contribution in [3.63, 3.8) is 0 Å². The van der Waals surface area contributed by atoms with E-state index in [9.17, 15) is 39.0 Å². The van der Waals surface area contributed by atoms with Crippen LogP contribution < -0.4 is 27.4 Å². The molecule has 2 aromatic carbocycles. The Morgan fingerprint density at radius 2 is 1.71 bits per heavy atom. The molecule has 3 rings (SSSR count). The van der Waals surface area contributed by atoms with Gasteiger partial charge in [0.2, 0.25) is 11.8 Å². The number of benzene rings is 2. The van der Waals surface area contributed by atoms with Crippen LogP contribution in [0.4, 0.5) is 4.79 Å². The second-order valence-corrected chi connectivity index (χ2v) is 9.38. The van der Waals surface area contributed by atoms with Crippen molar-refractivity contribution in [2.75, 3.05) is 13.1 Å². The van der Waals surface area contributed by atoms with Crippen molar-refractivity contribution in [3.05, 3.63) is 48.0 Å². The predicted molar refractivity (Wildman–Crippen MR) is 145 cm³/mol. The van der Waals surface area contributed by atoms with Crippen LogP contribution in [0, 0.1) is 0 Å². The number of nitrogens with one attached hydrogen (secondary N) is 3. The van der Waals surface area contributed by atoms with Crippen molar-refractivity contribution in [1.29, 1.82) is 0 Å². The Morgan fingerprint density at radius 3 is 2.37 bits per heavy atom. The number of hydrogen-bond donors (Lipinski definition) is 7. The predicted octanol–water partition coefficient (Wildman–Crippen LogP) is -1.11. The molecule has 0 spiro atoms. The van der Waals surface area contributed by atoms with Gasteiger partial charge >= 0.3 is 18.0 Å². The van der Waals surface area contributed by atoms with Crippen molar-refractivity contribution in [3.8, 4) is 0 Å². The average Bonchev–Trinajstić information content (AvgIpc) is 3.17. The molecule has 1 saturated heterocycles. The zero-order chi connectivity index (χ0) is 30.1. The first-order chi connectivity index (χ1) is 19.4. The molecule has 3 atom stereocenters. The molecule has 0 radical (unpaired) electrons. The number of hydrogen-bond acceptors (Lipinski definition) is 7. The third kappa shape index (κ3) is 8.64. The van der Waals surface area contributed by atoms with Crippen molar-refractivity contribution < 1.29 is 39.0 Å². The van der Waals surface area contributed by atoms with Crippen LogP contribution in [0.2, 0.25) is 0 Å². The first-order valence-electron chi connectivity index (χ1n) is 12.6. The van der Waals surface area contributed by atoms with Gasteiger partial charge in [-0.3, -0.25) is 29.1 Å². The number of urea groups is 1. The number of nitrogens with two attached hydrogens (primary N) is 2. The van der Waals surface area contributed by atoms with Gasteiger partial charge in [0.05, 0.1) is 6.42 Å². The van der Waals surface area contributed by atoms with Crippen molar-refractivity contribution in [2.24, 2.45) is 16.5 Å². The molecule has 0 saturated carbocycles. The number of nitrogens with zero attached hydrogens (tertiary/aromatic N) is 2. The van der Waals surface area contributed by atoms with Gasteiger partial charge in [0.25, 0.3) is 5.91 Å². The molecule has 15 heteroatoms. The molecule has 1 fully saturated rings. The fourth-order valence-corrected chi connectivity index (χ4v) is 4.27. The van der Waals surface area contributed by atoms with Gasteiger partial charge < -0.3 is 37.6 Å². The number of aliphatic imine (C=N–C) groups is 1. The summed E-state index contributed by atoms with van der Waals surface area (Å²) in [6, 6.07) is 7.90. The summed E-state index contributed by atoms with van der Waals surface area (Å²) < 4.78 is 0. The molecule has 1 aliphatic heterocycles. The highest BCUT2D eigenvalue weighted by Crippen LogP contribution is 2.17. The average molecular weight is 570 g/mol. The van der Waals surface area contributed by atoms with Crippen LogP contribution >= 0.6 is 0 Å². The van der Waals surface area contributed by atoms with E-state index in [0.29, 0.717) is 16.9 Å². The van der Waals surface area contributed by atoms with Crippen molar-refractivity contribution in [2.45, 2.75) is 43.8 Å². The topological polar surface area (TPSA) is 247 Å². The van der Waals surface area contributed by atoms with E-state index in [1.54, 1.807) is 12.1 Å². The van der Waals surface area contributed by atoms with E-state index in [0.717, 1.165) is 10.8 Å². The van der Waals surface area contributed by atoms with Crippen LogP contribution in [0.15, 0.2) is 47.5 Å². The summed E-state index contributed by atoms with van der Waals surface area (Å²) in [5, 5.41) is 27.7. The Labute approximate surface area is 233 Å². The molecular formula is C26H31N7O8. The maximum Gasteiger partial charge on any atom is 0.326 e. The smallest absolute Gasteiger partial charge is 0.326 e. The number of aliphatic carboxylic acids is 2. The summed E-state index contributed by atoms with van der Waals surface area (Å²) in [4.78, 5) is 78.1. The van der Waals surface area contributed by atoms with Gasteiger partial charge in [0, 0.05) is 13.0 Å². The third-order valence-electron chi connectivity index (χ3n) is 6.25. The standard InChI is InChI=1S/C26H31N7O8/c27-25(28)29-9-3-6-17-23(38)33(26(41)32-17)13-20(34)30-18(12-21(35)36)22(37)31-19(24(39)40)11-14-7-8-15-4-1-2-5-16(15)10-14/h1-2,4-5,7-8,10,17-19H,3,6,9,11-13H2,(H,30,34)(H,31,37)(H,32,41)(H,35,36)(H,39,40)(H4,27,28,29)/t17-,18-,19-/m0/s1. The number of carbonyl (C=O) groups excluding carboxylic acids is 4. The summed E-state index contributed by atoms with van der Waals surface area (Å²) in [6.45, 7) is -0.551. The highest BCUT2D eigenvalue weighted by Gasteiger charge is 2.39. The molecule has 2 aromatic rings. The van der Waals surface area contributed by atoms with Crippen LogP contribution in [-0.4, -0.2) is 88.0 Å². The lowest BCUT2D eigenvalue weighted by atomic mass is 10.0. The van der Waals surface area contributed by atoms with Gasteiger partial charge in [-0.1, -0.05) is 42.5 Å². The fourth-order valence-electron chi connectivity index (χ4n) is 4.27. The van der Waals surface area contributed by atoms with E-state index < -0.39 is 66.8 Å². The molecule has 1 heterocycles. The van der Waals surface area contributed by atoms with E-state index in [2.05, 4.69) is 20.9 Å². The number of carbonyl (C=O) groups is 6. The largest absolute Gasteiger partial charge is 0.481 e. The van der Waals surface area contributed by atoms with E-state index >= 15 is 0 Å².